The normalized spacial score (nSPS) is 10.2. The molecule has 0 aliphatic rings. The molecule has 0 aromatic heterocycles. The highest BCUT2D eigenvalue weighted by molar-refractivity contribution is 5.91. The van der Waals surface area contributed by atoms with Crippen LogP contribution < -0.4 is 29.0 Å². The Morgan fingerprint density at radius 3 is 1.32 bits per heavy atom. The van der Waals surface area contributed by atoms with Gasteiger partial charge in [0, 0.05) is 13.0 Å². The molecule has 0 saturated carbocycles. The Morgan fingerprint density at radius 2 is 0.917 bits per heavy atom. The maximum atomic E-state index is 11.7. The standard InChI is InChI=1S/C17H25NO4.2C11H14O3.2C9H10O3.C8H8O2/c1-12-9-15(10-13(2)14(12)3)22-11-16(19)18-8-6-4-5-7-17(20)21;1-7-4-10(14-6-11(12)13)5-8(2)9(7)3;1-3-10(11(12)13)14-9-6-4-8(2)5-7-9;1-6-3-4-8(12-2)7(5-6)9(10)11;1-7-2-4-8(5-3-7)12-6-9(10)11;1-6-3-2-4-7(5-6)8(9)10/h9-10H,4-8,11H2,1-3H3,(H,18,19)(H,20,21);4-5H,6H2,1-3H3,(H,12,13);4-7,10H,3H2,1-2H3,(H,12,13);3-5H,1-2H3,(H,10,11);2-5H,6H2,1H3,(H,10,11);2-5H,1H3,(H,9,10). The summed E-state index contributed by atoms with van der Waals surface area (Å²) in [6, 6.07) is 34.0. The second kappa shape index (κ2) is 39.1. The van der Waals surface area contributed by atoms with Gasteiger partial charge in [0.05, 0.1) is 12.7 Å². The van der Waals surface area contributed by atoms with Crippen LogP contribution >= 0.6 is 0 Å². The number of rotatable bonds is 22. The fourth-order valence-corrected chi connectivity index (χ4v) is 6.95. The second-order valence-electron chi connectivity index (χ2n) is 19.2. The van der Waals surface area contributed by atoms with Crippen LogP contribution in [0.1, 0.15) is 115 Å². The van der Waals surface area contributed by atoms with Gasteiger partial charge in [0.15, 0.2) is 25.9 Å². The van der Waals surface area contributed by atoms with E-state index in [1.54, 1.807) is 61.5 Å². The van der Waals surface area contributed by atoms with Crippen molar-refractivity contribution in [3.8, 4) is 28.7 Å². The fourth-order valence-electron chi connectivity index (χ4n) is 6.95. The molecule has 7 N–H and O–H groups in total. The molecule has 84 heavy (non-hydrogen) atoms. The van der Waals surface area contributed by atoms with Gasteiger partial charge in [0.2, 0.25) is 0 Å². The van der Waals surface area contributed by atoms with Crippen LogP contribution in [0.2, 0.25) is 0 Å². The summed E-state index contributed by atoms with van der Waals surface area (Å²) < 4.78 is 25.7. The summed E-state index contributed by atoms with van der Waals surface area (Å²) in [5.74, 6) is -2.70. The van der Waals surface area contributed by atoms with Crippen molar-refractivity contribution in [1.29, 1.82) is 0 Å². The number of ether oxygens (including phenoxy) is 5. The van der Waals surface area contributed by atoms with Crippen LogP contribution in [0.5, 0.6) is 28.7 Å². The van der Waals surface area contributed by atoms with E-state index in [4.69, 9.17) is 54.3 Å². The molecule has 6 aromatic carbocycles. The summed E-state index contributed by atoms with van der Waals surface area (Å²) in [5, 5.41) is 54.0. The number of nitrogens with one attached hydrogen (secondary N) is 1. The number of aryl methyl sites for hydroxylation is 8. The molecular weight excluding hydrogens is 1080 g/mol. The molecule has 0 heterocycles. The van der Waals surface area contributed by atoms with E-state index >= 15 is 0 Å². The highest BCUT2D eigenvalue weighted by atomic mass is 16.5. The first kappa shape index (κ1) is 72.6. The lowest BCUT2D eigenvalue weighted by Gasteiger charge is -2.12. The summed E-state index contributed by atoms with van der Waals surface area (Å²) in [5.41, 5.74) is 11.7. The van der Waals surface area contributed by atoms with Gasteiger partial charge in [-0.1, -0.05) is 78.1 Å². The summed E-state index contributed by atoms with van der Waals surface area (Å²) in [6.45, 7) is 21.5. The van der Waals surface area contributed by atoms with Gasteiger partial charge >= 0.3 is 35.8 Å². The van der Waals surface area contributed by atoms with Crippen LogP contribution in [0.25, 0.3) is 0 Å². The molecule has 0 aliphatic carbocycles. The quantitative estimate of drug-likeness (QED) is 0.0311. The number of carboxylic acids is 6. The molecule has 0 spiro atoms. The minimum atomic E-state index is -0.962. The zero-order valence-electron chi connectivity index (χ0n) is 50.0. The third kappa shape index (κ3) is 31.0. The number of unbranched alkanes of at least 4 members (excludes halogenated alkanes) is 2. The van der Waals surface area contributed by atoms with Crippen LogP contribution in [0.3, 0.4) is 0 Å². The molecular formula is C65H81NO18. The van der Waals surface area contributed by atoms with Crippen LogP contribution in [0.4, 0.5) is 0 Å². The average Bonchev–Trinajstić information content (AvgIpc) is 3.46. The molecule has 0 saturated heterocycles. The lowest BCUT2D eigenvalue weighted by atomic mass is 10.0. The van der Waals surface area contributed by atoms with Gasteiger partial charge in [0.1, 0.15) is 34.3 Å². The second-order valence-corrected chi connectivity index (χ2v) is 19.2. The highest BCUT2D eigenvalue weighted by Crippen LogP contribution is 2.23. The third-order valence-corrected chi connectivity index (χ3v) is 12.1. The van der Waals surface area contributed by atoms with Crippen molar-refractivity contribution in [3.05, 3.63) is 182 Å². The minimum absolute atomic E-state index is 0.00291. The van der Waals surface area contributed by atoms with E-state index in [1.807, 2.05) is 123 Å². The van der Waals surface area contributed by atoms with E-state index in [1.165, 1.54) is 18.2 Å². The number of hydrogen-bond acceptors (Lipinski definition) is 12. The minimum Gasteiger partial charge on any atom is -0.496 e. The summed E-state index contributed by atoms with van der Waals surface area (Å²) in [6.07, 6.45) is 2.11. The Balaban J connectivity index is 0.000000514. The van der Waals surface area contributed by atoms with Crippen molar-refractivity contribution in [3.63, 3.8) is 0 Å². The van der Waals surface area contributed by atoms with E-state index in [2.05, 4.69) is 12.2 Å². The molecule has 0 bridgehead atoms. The molecule has 6 aromatic rings. The molecule has 0 fully saturated rings. The summed E-state index contributed by atoms with van der Waals surface area (Å²) in [7, 11) is 1.46. The first-order valence-electron chi connectivity index (χ1n) is 26.7. The maximum Gasteiger partial charge on any atom is 0.344 e. The molecule has 6 rings (SSSR count). The lowest BCUT2D eigenvalue weighted by Crippen LogP contribution is -2.29. The highest BCUT2D eigenvalue weighted by Gasteiger charge is 2.16. The predicted octanol–water partition coefficient (Wildman–Crippen LogP) is 11.9. The number of methoxy groups -OCH3 is 1. The maximum absolute atomic E-state index is 11.7. The van der Waals surface area contributed by atoms with E-state index in [9.17, 15) is 33.6 Å². The lowest BCUT2D eigenvalue weighted by molar-refractivity contribution is -0.145. The Labute approximate surface area is 491 Å². The van der Waals surface area contributed by atoms with E-state index in [-0.39, 0.29) is 37.7 Å². The molecule has 19 heteroatoms. The van der Waals surface area contributed by atoms with Crippen molar-refractivity contribution >= 4 is 41.7 Å². The topological polar surface area (TPSA) is 299 Å². The fraction of sp³-hybridized carbons (Fsp3) is 0.338. The Morgan fingerprint density at radius 1 is 0.464 bits per heavy atom. The SMILES string of the molecule is CCC(Oc1ccc(C)cc1)C(=O)O.COc1ccc(C)cc1C(=O)O.Cc1cc(OCC(=O)NCCCCCC(=O)O)cc(C)c1C.Cc1cc(OCC(=O)O)cc(C)c1C.Cc1ccc(OCC(=O)O)cc1.Cc1cccc(C(=O)O)c1. The van der Waals surface area contributed by atoms with Crippen molar-refractivity contribution in [2.45, 2.75) is 114 Å². The molecule has 454 valence electrons. The van der Waals surface area contributed by atoms with Crippen LogP contribution in [-0.4, -0.2) is 112 Å². The number of aromatic carboxylic acids is 2. The van der Waals surface area contributed by atoms with Crippen molar-refractivity contribution in [2.24, 2.45) is 0 Å². The number of carbonyl (C=O) groups is 7. The van der Waals surface area contributed by atoms with Gasteiger partial charge in [-0.3, -0.25) is 9.59 Å². The van der Waals surface area contributed by atoms with Crippen LogP contribution in [0, 0.1) is 69.2 Å². The Kier molecular flexibility index (Phi) is 33.8. The van der Waals surface area contributed by atoms with Gasteiger partial charge in [0.25, 0.3) is 5.91 Å². The third-order valence-electron chi connectivity index (χ3n) is 12.1. The van der Waals surface area contributed by atoms with Gasteiger partial charge in [-0.05, 0) is 195 Å². The van der Waals surface area contributed by atoms with Crippen molar-refractivity contribution in [2.75, 3.05) is 33.5 Å². The number of benzene rings is 6. The van der Waals surface area contributed by atoms with Gasteiger partial charge in [-0.25, -0.2) is 24.0 Å². The van der Waals surface area contributed by atoms with E-state index < -0.39 is 41.9 Å². The smallest absolute Gasteiger partial charge is 0.344 e. The van der Waals surface area contributed by atoms with Crippen molar-refractivity contribution in [1.82, 2.24) is 5.32 Å². The van der Waals surface area contributed by atoms with Gasteiger partial charge in [-0.15, -0.1) is 0 Å². The van der Waals surface area contributed by atoms with E-state index in [0.29, 0.717) is 53.7 Å². The first-order valence-corrected chi connectivity index (χ1v) is 26.7. The van der Waals surface area contributed by atoms with Gasteiger partial charge < -0.3 is 59.6 Å². The van der Waals surface area contributed by atoms with Crippen molar-refractivity contribution < 1.29 is 87.9 Å². The monoisotopic (exact) mass is 1160 g/mol. The molecule has 0 radical (unpaired) electrons. The summed E-state index contributed by atoms with van der Waals surface area (Å²) in [4.78, 5) is 74.1. The Hall–Kier alpha value is -9.39. The zero-order valence-corrected chi connectivity index (χ0v) is 50.0. The first-order chi connectivity index (χ1) is 39.6. The average molecular weight is 1160 g/mol. The number of hydrogen-bond donors (Lipinski definition) is 7. The molecule has 1 amide bonds. The molecule has 1 atom stereocenters. The number of carbonyl (C=O) groups excluding carboxylic acids is 1. The van der Waals surface area contributed by atoms with E-state index in [0.717, 1.165) is 57.3 Å². The number of amides is 1. The molecule has 19 nitrogen and oxygen atoms in total. The van der Waals surface area contributed by atoms with Gasteiger partial charge in [-0.2, -0.15) is 0 Å². The van der Waals surface area contributed by atoms with Crippen LogP contribution in [-0.2, 0) is 24.0 Å². The summed E-state index contributed by atoms with van der Waals surface area (Å²) >= 11 is 0. The molecule has 1 unspecified atom stereocenters. The molecule has 0 aliphatic heterocycles. The largest absolute Gasteiger partial charge is 0.496 e. The predicted molar refractivity (Wildman–Crippen MR) is 320 cm³/mol. The van der Waals surface area contributed by atoms with Crippen LogP contribution in [0.15, 0.2) is 115 Å². The Bertz CT molecular complexity index is 3010. The number of aliphatic carboxylic acids is 4. The zero-order chi connectivity index (χ0) is 63.5. The number of carboxylic acid groups (broad SMARTS) is 6.